The Morgan fingerprint density at radius 2 is 1.41 bits per heavy atom. The molecule has 0 fully saturated rings. The van der Waals surface area contributed by atoms with Crippen LogP contribution in [0.4, 0.5) is 0 Å². The van der Waals surface area contributed by atoms with Crippen LogP contribution < -0.4 is 5.56 Å². The number of aromatic nitrogens is 7. The lowest BCUT2D eigenvalue weighted by Crippen LogP contribution is -2.39. The minimum atomic E-state index is -1.08. The molecule has 0 saturated heterocycles. The summed E-state index contributed by atoms with van der Waals surface area (Å²) in [6.07, 6.45) is 4.07. The van der Waals surface area contributed by atoms with Gasteiger partial charge >= 0.3 is 5.97 Å². The van der Waals surface area contributed by atoms with Crippen LogP contribution in [-0.2, 0) is 29.8 Å². The van der Waals surface area contributed by atoms with Crippen molar-refractivity contribution in [1.29, 1.82) is 0 Å². The quantitative estimate of drug-likeness (QED) is 0.115. The van der Waals surface area contributed by atoms with Gasteiger partial charge in [0.1, 0.15) is 34.8 Å². The number of carboxylic acids is 1. The zero-order valence-corrected chi connectivity index (χ0v) is 31.8. The molecule has 0 saturated carbocycles. The molecule has 0 amide bonds. The van der Waals surface area contributed by atoms with E-state index in [2.05, 4.69) is 54.6 Å². The van der Waals surface area contributed by atoms with Gasteiger partial charge in [0.15, 0.2) is 5.82 Å². The third kappa shape index (κ3) is 6.36. The summed E-state index contributed by atoms with van der Waals surface area (Å²) < 4.78 is 11.6. The average Bonchev–Trinajstić information content (AvgIpc) is 4.00. The number of unbranched alkanes of at least 4 members (excludes halogenated alkanes) is 1. The van der Waals surface area contributed by atoms with Gasteiger partial charge in [0.25, 0.3) is 5.56 Å². The number of furan rings is 1. The maximum Gasteiger partial charge on any atom is 0.323 e. The predicted octanol–water partition coefficient (Wildman–Crippen LogP) is 8.58. The molecule has 4 aromatic heterocycles. The Hall–Kier alpha value is -7.40. The SMILES string of the molecule is CCCCc1nc2ccn(CC(=O)O)c(=O)c2n1Cc1ccc2oc(-c3ccccc3-c3nnnn3C(c3ccccc3)(c3ccccc3)c3ccccc3)cc2c1. The molecular weight excluding hydrogens is 727 g/mol. The molecule has 0 aliphatic rings. The van der Waals surface area contributed by atoms with Gasteiger partial charge in [-0.1, -0.05) is 135 Å². The Kier molecular flexibility index (Phi) is 9.54. The fraction of sp³-hybridized carbons (Fsp3) is 0.149. The number of carboxylic acid groups (broad SMARTS) is 1. The molecule has 9 rings (SSSR count). The summed E-state index contributed by atoms with van der Waals surface area (Å²) in [4.78, 5) is 29.9. The number of fused-ring (bicyclic) bond motifs is 2. The third-order valence-corrected chi connectivity index (χ3v) is 10.7. The maximum atomic E-state index is 13.6. The first-order valence-corrected chi connectivity index (χ1v) is 19.3. The summed E-state index contributed by atoms with van der Waals surface area (Å²) in [5.41, 5.74) is 5.90. The molecule has 0 atom stereocenters. The van der Waals surface area contributed by atoms with Gasteiger partial charge in [-0.3, -0.25) is 9.59 Å². The molecule has 0 bridgehead atoms. The Morgan fingerprint density at radius 3 is 2.05 bits per heavy atom. The molecule has 0 aliphatic carbocycles. The topological polar surface area (TPSA) is 134 Å². The summed E-state index contributed by atoms with van der Waals surface area (Å²) in [7, 11) is 0. The molecule has 0 unspecified atom stereocenters. The molecule has 0 aliphatic heterocycles. The van der Waals surface area contributed by atoms with E-state index in [0.717, 1.165) is 57.4 Å². The van der Waals surface area contributed by atoms with Crippen molar-refractivity contribution in [1.82, 2.24) is 34.3 Å². The normalized spacial score (nSPS) is 11.7. The monoisotopic (exact) mass is 765 g/mol. The highest BCUT2D eigenvalue weighted by Gasteiger charge is 2.42. The van der Waals surface area contributed by atoms with Crippen LogP contribution in [0.5, 0.6) is 0 Å². The number of benzene rings is 5. The number of hydrogen-bond acceptors (Lipinski definition) is 7. The number of nitrogens with zero attached hydrogens (tertiary/aromatic N) is 7. The number of carbonyl (C=O) groups is 1. The van der Waals surface area contributed by atoms with Crippen LogP contribution in [-0.4, -0.2) is 45.4 Å². The molecule has 58 heavy (non-hydrogen) atoms. The molecule has 11 heteroatoms. The summed E-state index contributed by atoms with van der Waals surface area (Å²) >= 11 is 0. The molecule has 4 heterocycles. The van der Waals surface area contributed by atoms with Crippen molar-refractivity contribution in [2.24, 2.45) is 0 Å². The minimum absolute atomic E-state index is 0.378. The number of rotatable bonds is 13. The van der Waals surface area contributed by atoms with E-state index in [9.17, 15) is 14.7 Å². The van der Waals surface area contributed by atoms with Crippen molar-refractivity contribution in [2.75, 3.05) is 0 Å². The van der Waals surface area contributed by atoms with Crippen LogP contribution >= 0.6 is 0 Å². The van der Waals surface area contributed by atoms with Gasteiger partial charge in [-0.2, -0.15) is 0 Å². The van der Waals surface area contributed by atoms with Gasteiger partial charge in [-0.05, 0) is 63.4 Å². The lowest BCUT2D eigenvalue weighted by molar-refractivity contribution is -0.137. The van der Waals surface area contributed by atoms with Crippen molar-refractivity contribution in [3.63, 3.8) is 0 Å². The van der Waals surface area contributed by atoms with Crippen molar-refractivity contribution in [3.8, 4) is 22.7 Å². The predicted molar refractivity (Wildman–Crippen MR) is 222 cm³/mol. The van der Waals surface area contributed by atoms with Crippen molar-refractivity contribution >= 4 is 28.0 Å². The number of tetrazole rings is 1. The van der Waals surface area contributed by atoms with E-state index < -0.39 is 18.1 Å². The zero-order valence-electron chi connectivity index (χ0n) is 31.8. The zero-order chi connectivity index (χ0) is 39.6. The Bertz CT molecular complexity index is 2850. The summed E-state index contributed by atoms with van der Waals surface area (Å²) in [6.45, 7) is 2.07. The van der Waals surface area contributed by atoms with Gasteiger partial charge in [0.05, 0.1) is 5.52 Å². The fourth-order valence-electron chi connectivity index (χ4n) is 8.08. The van der Waals surface area contributed by atoms with E-state index in [1.165, 1.54) is 10.8 Å². The lowest BCUT2D eigenvalue weighted by atomic mass is 9.77. The van der Waals surface area contributed by atoms with Crippen LogP contribution in [0, 0.1) is 0 Å². The molecule has 0 radical (unpaired) electrons. The molecule has 286 valence electrons. The molecule has 11 nitrogen and oxygen atoms in total. The molecule has 9 aromatic rings. The van der Waals surface area contributed by atoms with Gasteiger partial charge in [0.2, 0.25) is 0 Å². The minimum Gasteiger partial charge on any atom is -0.480 e. The second kappa shape index (κ2) is 15.3. The first-order valence-electron chi connectivity index (χ1n) is 19.3. The number of imidazole rings is 1. The Morgan fingerprint density at radius 1 is 0.776 bits per heavy atom. The van der Waals surface area contributed by atoms with Crippen molar-refractivity contribution in [3.05, 3.63) is 190 Å². The second-order valence-electron chi connectivity index (χ2n) is 14.3. The maximum absolute atomic E-state index is 13.6. The number of aryl methyl sites for hydroxylation is 1. The average molecular weight is 766 g/mol. The van der Waals surface area contributed by atoms with E-state index in [4.69, 9.17) is 19.7 Å². The van der Waals surface area contributed by atoms with Gasteiger partial charge in [0, 0.05) is 35.7 Å². The third-order valence-electron chi connectivity index (χ3n) is 10.7. The summed E-state index contributed by atoms with van der Waals surface area (Å²) in [5.74, 6) is 0.920. The van der Waals surface area contributed by atoms with Crippen LogP contribution in [0.1, 0.15) is 47.8 Å². The molecule has 0 spiro atoms. The number of hydrogen-bond donors (Lipinski definition) is 1. The van der Waals surface area contributed by atoms with Crippen molar-refractivity contribution < 1.29 is 14.3 Å². The smallest absolute Gasteiger partial charge is 0.323 e. The van der Waals surface area contributed by atoms with E-state index in [-0.39, 0.29) is 5.56 Å². The highest BCUT2D eigenvalue weighted by Crippen LogP contribution is 2.44. The molecule has 5 aromatic carbocycles. The van der Waals surface area contributed by atoms with Crippen molar-refractivity contribution in [2.45, 2.75) is 44.8 Å². The van der Waals surface area contributed by atoms with E-state index >= 15 is 0 Å². The standard InChI is InChI=1S/C47H39N7O4/c1-2-3-23-42-48-39-26-27-52(31-43(55)56)46(57)44(39)53(42)30-32-24-25-40-33(28-32)29-41(58-40)37-21-13-14-22-38(37)45-49-50-51-54(45)47(34-15-7-4-8-16-34,35-17-9-5-10-18-35)36-19-11-6-12-20-36/h4-22,24-29H,2-3,23,30-31H2,1H3,(H,55,56). The van der Waals surface area contributed by atoms with Gasteiger partial charge < -0.3 is 18.7 Å². The first-order chi connectivity index (χ1) is 28.4. The highest BCUT2D eigenvalue weighted by atomic mass is 16.4. The van der Waals surface area contributed by atoms with Gasteiger partial charge in [-0.25, -0.2) is 9.67 Å². The van der Waals surface area contributed by atoms with Crippen LogP contribution in [0.2, 0.25) is 0 Å². The van der Waals surface area contributed by atoms with Gasteiger partial charge in [-0.15, -0.1) is 5.10 Å². The lowest BCUT2D eigenvalue weighted by Gasteiger charge is -2.36. The fourth-order valence-corrected chi connectivity index (χ4v) is 8.08. The van der Waals surface area contributed by atoms with E-state index in [1.807, 2.05) is 106 Å². The van der Waals surface area contributed by atoms with Crippen LogP contribution in [0.15, 0.2) is 161 Å². The largest absolute Gasteiger partial charge is 0.480 e. The number of aliphatic carboxylic acids is 1. The Labute approximate surface area is 333 Å². The van der Waals surface area contributed by atoms with E-state index in [1.54, 1.807) is 6.07 Å². The first kappa shape index (κ1) is 36.3. The summed E-state index contributed by atoms with van der Waals surface area (Å²) in [5, 5.41) is 24.1. The Balaban J connectivity index is 1.15. The summed E-state index contributed by atoms with van der Waals surface area (Å²) in [6, 6.07) is 48.6. The van der Waals surface area contributed by atoms with Crippen LogP contribution in [0.25, 0.3) is 44.7 Å². The number of pyridine rings is 1. The second-order valence-corrected chi connectivity index (χ2v) is 14.3. The van der Waals surface area contributed by atoms with Crippen LogP contribution in [0.3, 0.4) is 0 Å². The highest BCUT2D eigenvalue weighted by molar-refractivity contribution is 5.87. The molecule has 1 N–H and O–H groups in total. The molecular formula is C47H39N7O4. The van der Waals surface area contributed by atoms with E-state index in [0.29, 0.717) is 41.2 Å².